The highest BCUT2D eigenvalue weighted by Crippen LogP contribution is 2.44. The van der Waals surface area contributed by atoms with Gasteiger partial charge in [0.05, 0.1) is 49.2 Å². The van der Waals surface area contributed by atoms with E-state index in [9.17, 15) is 38.4 Å². The molecule has 1 fully saturated rings. The lowest BCUT2D eigenvalue weighted by molar-refractivity contribution is -0.145. The van der Waals surface area contributed by atoms with E-state index in [1.807, 2.05) is 77.9 Å². The number of nitrogens with zero attached hydrogens (tertiary/aromatic N) is 3. The summed E-state index contributed by atoms with van der Waals surface area (Å²) in [5.74, 6) is -0.801. The second-order valence-corrected chi connectivity index (χ2v) is 25.3. The van der Waals surface area contributed by atoms with E-state index >= 15 is 0 Å². The van der Waals surface area contributed by atoms with Crippen LogP contribution in [0.3, 0.4) is 0 Å². The van der Waals surface area contributed by atoms with Crippen molar-refractivity contribution in [3.63, 3.8) is 0 Å². The van der Waals surface area contributed by atoms with Gasteiger partial charge in [0.15, 0.2) is 0 Å². The van der Waals surface area contributed by atoms with Crippen LogP contribution in [0, 0.1) is 17.8 Å². The molecule has 0 saturated carbocycles. The molecule has 6 N–H and O–H groups in total. The summed E-state index contributed by atoms with van der Waals surface area (Å²) in [6.45, 7) is 28.3. The summed E-state index contributed by atoms with van der Waals surface area (Å²) in [6.07, 6.45) is -0.473. The highest BCUT2D eigenvalue weighted by Gasteiger charge is 2.40. The zero-order chi connectivity index (χ0) is 68.9. The van der Waals surface area contributed by atoms with Crippen LogP contribution in [0.1, 0.15) is 171 Å². The fourth-order valence-corrected chi connectivity index (χ4v) is 10.9. The Kier molecular flexibility index (Phi) is 34.5. The number of nitrogens with one attached hydrogen (secondary N) is 4. The van der Waals surface area contributed by atoms with Gasteiger partial charge in [-0.15, -0.1) is 0 Å². The van der Waals surface area contributed by atoms with Crippen LogP contribution in [0.5, 0.6) is 0 Å². The SMILES string of the molecule is CC.CC(C)[C@@H](C=O)N(C)C(=O)OC(C)(C)C.CCC(C)C(C(CC(=O)N1CCCC1C(CC(=O)N[C@H](C)C(OCNC(=O)CNC(=O)OCC1c2ccccc2-c2ccccc21)c1ccc(NC(=O)OC(C)(C)C)cc1)OC)OC)N(C)C(=O)CC(C)C.CN. The highest BCUT2D eigenvalue weighted by molar-refractivity contribution is 5.85. The smallest absolute Gasteiger partial charge is 0.412 e. The minimum atomic E-state index is -0.805. The molecule has 0 aromatic heterocycles. The monoisotopic (exact) mass is 1270 g/mol. The van der Waals surface area contributed by atoms with Gasteiger partial charge in [-0.2, -0.15) is 0 Å². The van der Waals surface area contributed by atoms with E-state index in [1.165, 1.54) is 19.1 Å². The molecular weight excluding hydrogens is 1160 g/mol. The Morgan fingerprint density at radius 1 is 0.725 bits per heavy atom. The number of rotatable bonds is 27. The first kappa shape index (κ1) is 80.0. The van der Waals surface area contributed by atoms with Crippen molar-refractivity contribution in [3.05, 3.63) is 89.5 Å². The summed E-state index contributed by atoms with van der Waals surface area (Å²) in [7, 11) is 7.97. The quantitative estimate of drug-likeness (QED) is 0.0270. The van der Waals surface area contributed by atoms with E-state index in [1.54, 1.807) is 104 Å². The first-order chi connectivity index (χ1) is 42.9. The Morgan fingerprint density at radius 3 is 1.80 bits per heavy atom. The van der Waals surface area contributed by atoms with Gasteiger partial charge in [0.2, 0.25) is 23.6 Å². The molecule has 3 aromatic rings. The van der Waals surface area contributed by atoms with E-state index in [0.717, 1.165) is 41.4 Å². The fraction of sp³-hybridized carbons (Fsp3) is 0.623. The Hall–Kier alpha value is -7.14. The molecule has 3 aromatic carbocycles. The second-order valence-electron chi connectivity index (χ2n) is 25.3. The van der Waals surface area contributed by atoms with E-state index in [0.29, 0.717) is 30.6 Å². The number of hydrogen-bond acceptors (Lipinski definition) is 15. The topological polar surface area (TPSA) is 276 Å². The maximum absolute atomic E-state index is 14.1. The molecular formula is C69H110N8O14. The summed E-state index contributed by atoms with van der Waals surface area (Å²) in [5, 5.41) is 10.9. The van der Waals surface area contributed by atoms with E-state index in [-0.39, 0.29) is 86.2 Å². The van der Waals surface area contributed by atoms with Gasteiger partial charge in [-0.05, 0) is 126 Å². The molecule has 510 valence electrons. The molecule has 91 heavy (non-hydrogen) atoms. The molecule has 0 radical (unpaired) electrons. The molecule has 22 nitrogen and oxygen atoms in total. The Bertz CT molecular complexity index is 2700. The van der Waals surface area contributed by atoms with Crippen LogP contribution in [-0.2, 0) is 52.4 Å². The second kappa shape index (κ2) is 39.3. The van der Waals surface area contributed by atoms with Gasteiger partial charge in [-0.1, -0.05) is 122 Å². The van der Waals surface area contributed by atoms with E-state index in [2.05, 4.69) is 53.0 Å². The normalized spacial score (nSPS) is 15.7. The number of fused-ring (bicyclic) bond motifs is 3. The number of carbonyl (C=O) groups excluding carboxylic acids is 8. The van der Waals surface area contributed by atoms with Crippen LogP contribution in [0.15, 0.2) is 72.8 Å². The third-order valence-corrected chi connectivity index (χ3v) is 15.4. The molecule has 1 aliphatic carbocycles. The van der Waals surface area contributed by atoms with Crippen LogP contribution in [-0.4, -0.2) is 172 Å². The number of carbonyl (C=O) groups is 8. The molecule has 0 spiro atoms. The number of aldehydes is 1. The van der Waals surface area contributed by atoms with Crippen molar-refractivity contribution in [2.45, 2.75) is 202 Å². The maximum atomic E-state index is 14.1. The van der Waals surface area contributed by atoms with Crippen LogP contribution in [0.4, 0.5) is 20.1 Å². The minimum Gasteiger partial charge on any atom is -0.449 e. The van der Waals surface area contributed by atoms with Crippen LogP contribution >= 0.6 is 0 Å². The van der Waals surface area contributed by atoms with Crippen molar-refractivity contribution in [2.24, 2.45) is 23.5 Å². The number of nitrogens with two attached hydrogens (primary N) is 1. The lowest BCUT2D eigenvalue weighted by atomic mass is 9.90. The number of amides is 7. The average Bonchev–Trinajstić information content (AvgIpc) is 1.63. The van der Waals surface area contributed by atoms with Crippen LogP contribution in [0.2, 0.25) is 0 Å². The maximum Gasteiger partial charge on any atom is 0.412 e. The predicted molar refractivity (Wildman–Crippen MR) is 355 cm³/mol. The van der Waals surface area contributed by atoms with E-state index in [4.69, 9.17) is 28.4 Å². The minimum absolute atomic E-state index is 0.00812. The third-order valence-electron chi connectivity index (χ3n) is 15.4. The number of benzene rings is 3. The number of anilines is 1. The van der Waals surface area contributed by atoms with Crippen molar-refractivity contribution in [1.82, 2.24) is 30.7 Å². The van der Waals surface area contributed by atoms with Gasteiger partial charge in [-0.3, -0.25) is 24.5 Å². The molecule has 5 rings (SSSR count). The van der Waals surface area contributed by atoms with Crippen molar-refractivity contribution in [3.8, 4) is 11.1 Å². The number of methoxy groups -OCH3 is 2. The molecule has 22 heteroatoms. The molecule has 1 heterocycles. The lowest BCUT2D eigenvalue weighted by Gasteiger charge is -2.39. The Morgan fingerprint density at radius 2 is 1.30 bits per heavy atom. The summed E-state index contributed by atoms with van der Waals surface area (Å²) in [4.78, 5) is 107. The standard InChI is InChI=1S/C55H78N6O11.C11H21NO3.C2H6.CH5N/c1-12-35(4)51(60(9)49(64)28-34(2)3)46(69-11)30-50(65)61-27-17-22-44(61)45(68-10)29-47(62)58-36(5)52(37-23-25-38(26-24-37)59-54(67)72-55(6,7)8)71-33-57-48(63)31-56-53(66)70-32-43-41-20-15-13-18-39(41)40-19-14-16-21-42(40)43;1-8(2)9(7-13)12(6)10(14)15-11(3,4)5;2*1-2/h13-16,18-21,23-26,34-36,43-46,51-52H,12,17,22,27-33H2,1-11H3,(H,56,66)(H,57,63)(H,58,62)(H,59,67);7-9H,1-6H3;1-2H3;2H2,1H3/t35?,36-,44?,45?,46?,51?,52?;9-;;/m11../s1. The number of hydrogen-bond donors (Lipinski definition) is 5. The average molecular weight is 1280 g/mol. The third kappa shape index (κ3) is 25.8. The van der Waals surface area contributed by atoms with Gasteiger partial charge in [0.25, 0.3) is 0 Å². The van der Waals surface area contributed by atoms with Gasteiger partial charge < -0.3 is 69.6 Å². The zero-order valence-corrected chi connectivity index (χ0v) is 58.1. The number of likely N-dealkylation sites (tertiary alicyclic amines) is 1. The molecule has 8 atom stereocenters. The summed E-state index contributed by atoms with van der Waals surface area (Å²) in [6, 6.07) is 21.1. The molecule has 7 amide bonds. The first-order valence-electron chi connectivity index (χ1n) is 31.9. The fourth-order valence-electron chi connectivity index (χ4n) is 10.9. The lowest BCUT2D eigenvalue weighted by Crippen LogP contribution is -2.52. The van der Waals surface area contributed by atoms with Gasteiger partial charge in [0, 0.05) is 52.9 Å². The van der Waals surface area contributed by atoms with E-state index < -0.39 is 65.8 Å². The van der Waals surface area contributed by atoms with Crippen LogP contribution in [0.25, 0.3) is 11.1 Å². The predicted octanol–water partition coefficient (Wildman–Crippen LogP) is 10.6. The molecule has 0 bridgehead atoms. The Labute approximate surface area is 542 Å². The first-order valence-corrected chi connectivity index (χ1v) is 31.9. The molecule has 1 aliphatic heterocycles. The van der Waals surface area contributed by atoms with Crippen LogP contribution < -0.4 is 27.0 Å². The largest absolute Gasteiger partial charge is 0.449 e. The van der Waals surface area contributed by atoms with Gasteiger partial charge in [-0.25, -0.2) is 14.4 Å². The van der Waals surface area contributed by atoms with Gasteiger partial charge in [0.1, 0.15) is 43.5 Å². The molecule has 1 saturated heterocycles. The number of likely N-dealkylation sites (N-methyl/N-ethyl adjacent to an activating group) is 2. The summed E-state index contributed by atoms with van der Waals surface area (Å²) >= 11 is 0. The molecule has 6 unspecified atom stereocenters. The zero-order valence-electron chi connectivity index (χ0n) is 58.1. The Balaban J connectivity index is 0.00000129. The molecule has 2 aliphatic rings. The van der Waals surface area contributed by atoms with Crippen molar-refractivity contribution in [1.29, 1.82) is 0 Å². The van der Waals surface area contributed by atoms with Crippen molar-refractivity contribution < 1.29 is 66.8 Å². The number of alkyl carbamates (subject to hydrolysis) is 1. The van der Waals surface area contributed by atoms with Crippen molar-refractivity contribution in [2.75, 3.05) is 67.1 Å². The van der Waals surface area contributed by atoms with Gasteiger partial charge >= 0.3 is 18.3 Å². The highest BCUT2D eigenvalue weighted by atomic mass is 16.6. The van der Waals surface area contributed by atoms with Crippen molar-refractivity contribution >= 4 is 53.9 Å². The summed E-state index contributed by atoms with van der Waals surface area (Å²) < 4.78 is 34.3. The summed E-state index contributed by atoms with van der Waals surface area (Å²) in [5.41, 5.74) is 8.70. The number of ether oxygens (including phenoxy) is 6.